The lowest BCUT2D eigenvalue weighted by atomic mass is 9.85. The molecule has 0 aliphatic carbocycles. The Kier molecular flexibility index (Phi) is 8.33. The van der Waals surface area contributed by atoms with Gasteiger partial charge in [-0.1, -0.05) is 148 Å². The van der Waals surface area contributed by atoms with Gasteiger partial charge in [-0.05, 0) is 107 Å². The summed E-state index contributed by atoms with van der Waals surface area (Å²) >= 11 is 0. The van der Waals surface area contributed by atoms with E-state index in [2.05, 4.69) is 129 Å². The molecular formula is C52H37NO2. The molecule has 9 aromatic rings. The van der Waals surface area contributed by atoms with Gasteiger partial charge in [0.2, 0.25) is 5.71 Å². The minimum absolute atomic E-state index is 0.619. The highest BCUT2D eigenvalue weighted by Gasteiger charge is 2.17. The van der Waals surface area contributed by atoms with Gasteiger partial charge in [0.05, 0.1) is 12.6 Å². The van der Waals surface area contributed by atoms with Crippen LogP contribution in [0.2, 0.25) is 0 Å². The van der Waals surface area contributed by atoms with Gasteiger partial charge in [-0.3, -0.25) is 0 Å². The summed E-state index contributed by atoms with van der Waals surface area (Å²) < 4.78 is 11.6. The number of nitrogens with zero attached hydrogens (tertiary/aromatic N) is 1. The first-order valence-electron chi connectivity index (χ1n) is 18.2. The fourth-order valence-corrected chi connectivity index (χ4v) is 7.60. The second kappa shape index (κ2) is 13.6. The highest BCUT2D eigenvalue weighted by molar-refractivity contribution is 6.19. The van der Waals surface area contributed by atoms with Crippen molar-refractivity contribution in [1.29, 1.82) is 0 Å². The summed E-state index contributed by atoms with van der Waals surface area (Å²) in [6.45, 7) is 17.3. The third-order valence-electron chi connectivity index (χ3n) is 10.5. The van der Waals surface area contributed by atoms with Crippen LogP contribution in [0.25, 0.3) is 95.0 Å². The zero-order chi connectivity index (χ0) is 37.6. The van der Waals surface area contributed by atoms with Crippen molar-refractivity contribution in [3.8, 4) is 28.0 Å². The molecule has 2 aromatic heterocycles. The first-order chi connectivity index (χ1) is 26.9. The minimum Gasteiger partial charge on any atom is -0.497 e. The number of aromatic nitrogens is 1. The van der Waals surface area contributed by atoms with E-state index in [0.717, 1.165) is 93.2 Å². The van der Waals surface area contributed by atoms with Gasteiger partial charge in [0.25, 0.3) is 0 Å². The Morgan fingerprint density at radius 1 is 0.600 bits per heavy atom. The van der Waals surface area contributed by atoms with Gasteiger partial charge in [0.15, 0.2) is 0 Å². The highest BCUT2D eigenvalue weighted by atomic mass is 16.5. The lowest BCUT2D eigenvalue weighted by molar-refractivity contribution is 0.414. The molecule has 0 saturated heterocycles. The number of rotatable bonds is 8. The Morgan fingerprint density at radius 3 is 1.96 bits per heavy atom. The van der Waals surface area contributed by atoms with E-state index in [1.807, 2.05) is 54.6 Å². The van der Waals surface area contributed by atoms with E-state index in [1.165, 1.54) is 16.3 Å². The maximum absolute atomic E-state index is 6.15. The predicted molar refractivity (Wildman–Crippen MR) is 234 cm³/mol. The third-order valence-corrected chi connectivity index (χ3v) is 10.5. The fraction of sp³-hybridized carbons (Fsp3) is 0.0192. The maximum Gasteiger partial charge on any atom is 0.227 e. The van der Waals surface area contributed by atoms with Crippen LogP contribution in [0.1, 0.15) is 5.56 Å². The monoisotopic (exact) mass is 707 g/mol. The number of fused-ring (bicyclic) bond motifs is 6. The quantitative estimate of drug-likeness (QED) is 0.116. The molecule has 0 unspecified atom stereocenters. The van der Waals surface area contributed by atoms with Gasteiger partial charge < -0.3 is 9.15 Å². The second-order valence-electron chi connectivity index (χ2n) is 13.9. The van der Waals surface area contributed by atoms with Gasteiger partial charge >= 0.3 is 0 Å². The summed E-state index contributed by atoms with van der Waals surface area (Å²) in [6, 6.07) is 48.6. The zero-order valence-corrected chi connectivity index (χ0v) is 30.6. The number of hydrogen-bond donors (Lipinski definition) is 0. The Labute approximate surface area is 319 Å². The standard InChI is InChI=1S/C52H37NO2/c1-32(35(4)28-38-13-7-6-12-33(38)2)18-19-34(3)50-43-14-8-10-16-45(43)51(46-17-11-9-15-44(46)50)37-22-20-36(21-23-37)39-24-25-40-29-47-42-27-26-41(54-5)31-49(42)55-52(47)53-48(40)30-39/h6-31H,1-4H2,5H3/b19-18-,38-28-. The molecule has 2 heterocycles. The van der Waals surface area contributed by atoms with Crippen molar-refractivity contribution in [2.24, 2.45) is 0 Å². The number of benzene rings is 7. The summed E-state index contributed by atoms with van der Waals surface area (Å²) in [4.78, 5) is 4.93. The van der Waals surface area contributed by atoms with Crippen LogP contribution in [0.3, 0.4) is 0 Å². The summed E-state index contributed by atoms with van der Waals surface area (Å²) in [5.41, 5.74) is 10.5. The van der Waals surface area contributed by atoms with Crippen LogP contribution >= 0.6 is 0 Å². The largest absolute Gasteiger partial charge is 0.497 e. The van der Waals surface area contributed by atoms with Crippen molar-refractivity contribution in [2.45, 2.75) is 0 Å². The molecule has 0 fully saturated rings. The molecular weight excluding hydrogens is 671 g/mol. The van der Waals surface area contributed by atoms with Crippen molar-refractivity contribution in [3.63, 3.8) is 0 Å². The van der Waals surface area contributed by atoms with Crippen LogP contribution in [0.5, 0.6) is 5.75 Å². The van der Waals surface area contributed by atoms with Gasteiger partial charge in [-0.25, -0.2) is 4.98 Å². The molecule has 55 heavy (non-hydrogen) atoms. The lowest BCUT2D eigenvalue weighted by Gasteiger charge is -2.18. The van der Waals surface area contributed by atoms with E-state index >= 15 is 0 Å². The van der Waals surface area contributed by atoms with E-state index in [4.69, 9.17) is 14.1 Å². The molecule has 3 nitrogen and oxygen atoms in total. The maximum atomic E-state index is 6.15. The lowest BCUT2D eigenvalue weighted by Crippen LogP contribution is -2.21. The number of ether oxygens (including phenoxy) is 1. The van der Waals surface area contributed by atoms with E-state index in [9.17, 15) is 0 Å². The van der Waals surface area contributed by atoms with Crippen LogP contribution in [0.15, 0.2) is 187 Å². The van der Waals surface area contributed by atoms with Crippen molar-refractivity contribution in [3.05, 3.63) is 199 Å². The third kappa shape index (κ3) is 6.02. The van der Waals surface area contributed by atoms with Crippen LogP contribution in [-0.4, -0.2) is 12.1 Å². The topological polar surface area (TPSA) is 35.3 Å². The molecule has 0 saturated carbocycles. The van der Waals surface area contributed by atoms with Crippen LogP contribution in [0, 0.1) is 0 Å². The Morgan fingerprint density at radius 2 is 1.25 bits per heavy atom. The SMILES string of the molecule is C=C(/C=C\C(=C)c1c2ccccc2c(-c2ccc(-c3ccc4cc5c(nc4c3)oc3cc(OC)ccc35)cc2)c2ccccc12)C(=C)/C=c1/ccccc1=C. The van der Waals surface area contributed by atoms with Crippen molar-refractivity contribution < 1.29 is 9.15 Å². The fourth-order valence-electron chi connectivity index (χ4n) is 7.60. The molecule has 0 aliphatic heterocycles. The van der Waals surface area contributed by atoms with Gasteiger partial charge in [0.1, 0.15) is 11.3 Å². The summed E-state index contributed by atoms with van der Waals surface area (Å²) in [5.74, 6) is 0.757. The van der Waals surface area contributed by atoms with Crippen molar-refractivity contribution in [2.75, 3.05) is 7.11 Å². The van der Waals surface area contributed by atoms with Crippen LogP contribution in [0.4, 0.5) is 0 Å². The average Bonchev–Trinajstić information content (AvgIpc) is 3.57. The molecule has 0 aliphatic rings. The van der Waals surface area contributed by atoms with Crippen LogP contribution < -0.4 is 15.2 Å². The van der Waals surface area contributed by atoms with E-state index in [1.54, 1.807) is 7.11 Å². The first-order valence-corrected chi connectivity index (χ1v) is 18.2. The summed E-state index contributed by atoms with van der Waals surface area (Å²) in [7, 11) is 1.66. The molecule has 0 bridgehead atoms. The minimum atomic E-state index is 0.619. The number of allylic oxidation sites excluding steroid dienone is 5. The molecule has 7 aromatic carbocycles. The van der Waals surface area contributed by atoms with Crippen molar-refractivity contribution in [1.82, 2.24) is 4.98 Å². The smallest absolute Gasteiger partial charge is 0.227 e. The number of hydrogen-bond acceptors (Lipinski definition) is 3. The van der Waals surface area contributed by atoms with Gasteiger partial charge in [-0.15, -0.1) is 0 Å². The average molecular weight is 708 g/mol. The summed E-state index contributed by atoms with van der Waals surface area (Å²) in [6.07, 6.45) is 6.08. The second-order valence-corrected chi connectivity index (χ2v) is 13.9. The normalized spacial score (nSPS) is 12.1. The molecule has 262 valence electrons. The Hall–Kier alpha value is -7.23. The highest BCUT2D eigenvalue weighted by Crippen LogP contribution is 2.42. The van der Waals surface area contributed by atoms with Crippen LogP contribution in [-0.2, 0) is 0 Å². The van der Waals surface area contributed by atoms with E-state index in [-0.39, 0.29) is 0 Å². The number of furan rings is 1. The molecule has 0 radical (unpaired) electrons. The summed E-state index contributed by atoms with van der Waals surface area (Å²) in [5, 5.41) is 9.70. The molecule has 0 N–H and O–H groups in total. The van der Waals surface area contributed by atoms with E-state index in [0.29, 0.717) is 5.71 Å². The van der Waals surface area contributed by atoms with Gasteiger partial charge in [0, 0.05) is 22.2 Å². The molecule has 0 amide bonds. The molecule has 9 rings (SSSR count). The zero-order valence-electron chi connectivity index (χ0n) is 30.6. The van der Waals surface area contributed by atoms with Gasteiger partial charge in [-0.2, -0.15) is 0 Å². The molecule has 0 atom stereocenters. The van der Waals surface area contributed by atoms with E-state index < -0.39 is 0 Å². The first kappa shape index (κ1) is 33.6. The molecule has 3 heteroatoms. The van der Waals surface area contributed by atoms with Crippen molar-refractivity contribution >= 4 is 72.7 Å². The molecule has 0 spiro atoms. The Balaban J connectivity index is 1.07. The number of methoxy groups -OCH3 is 1. The number of pyridine rings is 1. The Bertz CT molecular complexity index is 3140. The predicted octanol–water partition coefficient (Wildman–Crippen LogP) is 12.4.